The second kappa shape index (κ2) is 7.02. The zero-order chi connectivity index (χ0) is 15.2. The number of carbonyl (C=O) groups excluding carboxylic acids is 2. The molecule has 7 heteroatoms. The van der Waals surface area contributed by atoms with Crippen molar-refractivity contribution in [2.24, 2.45) is 5.10 Å². The number of hydrogen-bond donors (Lipinski definition) is 2. The minimum atomic E-state index is -0.375. The summed E-state index contributed by atoms with van der Waals surface area (Å²) in [6, 6.07) is 10.1. The minimum Gasteiger partial charge on any atom is -0.449 e. The molecule has 0 aliphatic heterocycles. The van der Waals surface area contributed by atoms with Gasteiger partial charge in [0.25, 0.3) is 5.91 Å². The van der Waals surface area contributed by atoms with Crippen LogP contribution in [-0.2, 0) is 4.79 Å². The summed E-state index contributed by atoms with van der Waals surface area (Å²) in [5.41, 5.74) is 3.34. The van der Waals surface area contributed by atoms with Crippen molar-refractivity contribution < 1.29 is 14.0 Å². The van der Waals surface area contributed by atoms with Gasteiger partial charge < -0.3 is 9.73 Å². The second-order valence-corrected chi connectivity index (χ2v) is 5.17. The average Bonchev–Trinajstić information content (AvgIpc) is 2.84. The van der Waals surface area contributed by atoms with E-state index in [1.54, 1.807) is 36.4 Å². The number of carbonyl (C=O) groups is 2. The van der Waals surface area contributed by atoms with Crippen molar-refractivity contribution in [3.63, 3.8) is 0 Å². The smallest absolute Gasteiger partial charge is 0.271 e. The van der Waals surface area contributed by atoms with Gasteiger partial charge in [-0.25, -0.2) is 5.43 Å². The molecule has 108 valence electrons. The molecule has 0 saturated heterocycles. The number of hydrogen-bond acceptors (Lipinski definition) is 4. The van der Waals surface area contributed by atoms with Gasteiger partial charge in [0.1, 0.15) is 5.76 Å². The normalized spacial score (nSPS) is 10.6. The lowest BCUT2D eigenvalue weighted by Gasteiger charge is -2.04. The maximum absolute atomic E-state index is 11.9. The number of anilines is 1. The molecule has 0 aliphatic carbocycles. The Morgan fingerprint density at radius 1 is 1.29 bits per heavy atom. The summed E-state index contributed by atoms with van der Waals surface area (Å²) in [6.45, 7) is 1.40. The summed E-state index contributed by atoms with van der Waals surface area (Å²) in [4.78, 5) is 22.9. The van der Waals surface area contributed by atoms with Crippen LogP contribution in [0.1, 0.15) is 23.0 Å². The predicted molar refractivity (Wildman–Crippen MR) is 87.2 cm³/mol. The Bertz CT molecular complexity index is 694. The molecule has 0 bridgehead atoms. The van der Waals surface area contributed by atoms with Crippen molar-refractivity contribution >= 4 is 46.3 Å². The number of hydrazone groups is 1. The van der Waals surface area contributed by atoms with Gasteiger partial charge in [-0.1, -0.05) is 6.07 Å². The van der Waals surface area contributed by atoms with Crippen molar-refractivity contribution in [2.75, 3.05) is 5.32 Å². The highest BCUT2D eigenvalue weighted by Crippen LogP contribution is 2.11. The summed E-state index contributed by atoms with van der Waals surface area (Å²) in [5.74, 6) is -0.0237. The van der Waals surface area contributed by atoms with Crippen molar-refractivity contribution in [3.05, 3.63) is 51.5 Å². The van der Waals surface area contributed by atoms with Gasteiger partial charge in [0.15, 0.2) is 3.77 Å². The number of furan rings is 1. The molecule has 21 heavy (non-hydrogen) atoms. The van der Waals surface area contributed by atoms with Crippen LogP contribution in [0.2, 0.25) is 0 Å². The fraction of sp³-hybridized carbons (Fsp3) is 0.0714. The van der Waals surface area contributed by atoms with Crippen LogP contribution in [-0.4, -0.2) is 18.0 Å². The van der Waals surface area contributed by atoms with Gasteiger partial charge in [-0.05, 0) is 52.9 Å². The Labute approximate surface area is 134 Å². The molecule has 1 aromatic heterocycles. The molecule has 0 saturated carbocycles. The Morgan fingerprint density at radius 3 is 2.76 bits per heavy atom. The third-order valence-corrected chi connectivity index (χ3v) is 2.98. The van der Waals surface area contributed by atoms with E-state index in [-0.39, 0.29) is 11.8 Å². The number of amides is 2. The van der Waals surface area contributed by atoms with Gasteiger partial charge in [0.2, 0.25) is 5.91 Å². The number of nitrogens with zero attached hydrogens (tertiary/aromatic N) is 1. The van der Waals surface area contributed by atoms with Gasteiger partial charge >= 0.3 is 0 Å². The standard InChI is InChI=1S/C14H12IN3O3/c1-9(19)17-11-4-2-3-10(7-11)14(20)18-16-8-12-5-6-13(15)21-12/h2-8H,1H3,(H,17,19)(H,18,20)/b16-8-. The van der Waals surface area contributed by atoms with Crippen LogP contribution in [0.15, 0.2) is 45.9 Å². The van der Waals surface area contributed by atoms with Crippen LogP contribution in [0.5, 0.6) is 0 Å². The van der Waals surface area contributed by atoms with Gasteiger partial charge in [-0.3, -0.25) is 9.59 Å². The molecule has 2 aromatic rings. The molecule has 2 amide bonds. The summed E-state index contributed by atoms with van der Waals surface area (Å²) in [6.07, 6.45) is 1.41. The van der Waals surface area contributed by atoms with E-state index >= 15 is 0 Å². The highest BCUT2D eigenvalue weighted by atomic mass is 127. The quantitative estimate of drug-likeness (QED) is 0.473. The van der Waals surface area contributed by atoms with Crippen molar-refractivity contribution in [3.8, 4) is 0 Å². The first kappa shape index (κ1) is 15.2. The molecule has 2 rings (SSSR count). The van der Waals surface area contributed by atoms with E-state index in [2.05, 4.69) is 15.8 Å². The number of benzene rings is 1. The van der Waals surface area contributed by atoms with E-state index in [4.69, 9.17) is 4.42 Å². The van der Waals surface area contributed by atoms with Crippen molar-refractivity contribution in [1.82, 2.24) is 5.43 Å². The summed E-state index contributed by atoms with van der Waals surface area (Å²) < 4.78 is 6.01. The van der Waals surface area contributed by atoms with Crippen LogP contribution < -0.4 is 10.7 Å². The second-order valence-electron chi connectivity index (χ2n) is 4.10. The van der Waals surface area contributed by atoms with Gasteiger partial charge in [-0.15, -0.1) is 0 Å². The lowest BCUT2D eigenvalue weighted by Crippen LogP contribution is -2.18. The zero-order valence-electron chi connectivity index (χ0n) is 11.1. The summed E-state index contributed by atoms with van der Waals surface area (Å²) in [7, 11) is 0. The van der Waals surface area contributed by atoms with E-state index in [1.807, 2.05) is 22.6 Å². The first-order valence-electron chi connectivity index (χ1n) is 6.01. The number of rotatable bonds is 4. The van der Waals surface area contributed by atoms with Crippen molar-refractivity contribution in [2.45, 2.75) is 6.92 Å². The molecular weight excluding hydrogens is 385 g/mol. The fourth-order valence-corrected chi connectivity index (χ4v) is 1.99. The number of nitrogens with one attached hydrogen (secondary N) is 2. The Kier molecular flexibility index (Phi) is 5.09. The molecule has 0 atom stereocenters. The molecule has 0 aliphatic rings. The monoisotopic (exact) mass is 397 g/mol. The first-order chi connectivity index (χ1) is 10.0. The maximum Gasteiger partial charge on any atom is 0.271 e. The first-order valence-corrected chi connectivity index (χ1v) is 7.09. The van der Waals surface area contributed by atoms with E-state index in [9.17, 15) is 9.59 Å². The van der Waals surface area contributed by atoms with Crippen LogP contribution in [0.3, 0.4) is 0 Å². The summed E-state index contributed by atoms with van der Waals surface area (Å²) in [5, 5.41) is 6.42. The van der Waals surface area contributed by atoms with Crippen molar-refractivity contribution in [1.29, 1.82) is 0 Å². The van der Waals surface area contributed by atoms with Gasteiger partial charge in [-0.2, -0.15) is 5.10 Å². The Balaban J connectivity index is 2.00. The molecule has 6 nitrogen and oxygen atoms in total. The lowest BCUT2D eigenvalue weighted by molar-refractivity contribution is -0.114. The lowest BCUT2D eigenvalue weighted by atomic mass is 10.2. The largest absolute Gasteiger partial charge is 0.449 e. The molecule has 0 fully saturated rings. The topological polar surface area (TPSA) is 83.7 Å². The highest BCUT2D eigenvalue weighted by Gasteiger charge is 2.05. The van der Waals surface area contributed by atoms with Crippen LogP contribution >= 0.6 is 22.6 Å². The Hall–Kier alpha value is -2.16. The van der Waals surface area contributed by atoms with E-state index in [0.29, 0.717) is 17.0 Å². The third kappa shape index (κ3) is 4.71. The van der Waals surface area contributed by atoms with E-state index < -0.39 is 0 Å². The number of halogens is 1. The van der Waals surface area contributed by atoms with Gasteiger partial charge in [0.05, 0.1) is 6.21 Å². The van der Waals surface area contributed by atoms with Gasteiger partial charge in [0, 0.05) is 18.2 Å². The maximum atomic E-state index is 11.9. The molecule has 1 heterocycles. The SMILES string of the molecule is CC(=O)Nc1cccc(C(=O)N/N=C\c2ccc(I)o2)c1. The molecule has 0 radical (unpaired) electrons. The molecular formula is C14H12IN3O3. The predicted octanol–water partition coefficient (Wildman–Crippen LogP) is 2.61. The van der Waals surface area contributed by atoms with Crippen LogP contribution in [0.4, 0.5) is 5.69 Å². The molecule has 2 N–H and O–H groups in total. The zero-order valence-corrected chi connectivity index (χ0v) is 13.2. The minimum absolute atomic E-state index is 0.196. The highest BCUT2D eigenvalue weighted by molar-refractivity contribution is 14.1. The third-order valence-electron chi connectivity index (χ3n) is 2.40. The van der Waals surface area contributed by atoms with E-state index in [0.717, 1.165) is 3.77 Å². The molecule has 0 unspecified atom stereocenters. The van der Waals surface area contributed by atoms with Crippen LogP contribution in [0.25, 0.3) is 0 Å². The van der Waals surface area contributed by atoms with E-state index in [1.165, 1.54) is 13.1 Å². The van der Waals surface area contributed by atoms with Crippen LogP contribution in [0, 0.1) is 3.77 Å². The Morgan fingerprint density at radius 2 is 2.10 bits per heavy atom. The molecule has 1 aromatic carbocycles. The summed E-state index contributed by atoms with van der Waals surface area (Å²) >= 11 is 2.04. The molecule has 0 spiro atoms. The average molecular weight is 397 g/mol. The fourth-order valence-electron chi connectivity index (χ4n) is 1.56.